The van der Waals surface area contributed by atoms with Gasteiger partial charge in [0.25, 0.3) is 5.91 Å². The highest BCUT2D eigenvalue weighted by Gasteiger charge is 2.51. The molecule has 1 aromatic rings. The third kappa shape index (κ3) is 2.17. The number of carbonyl (C=O) groups excluding carboxylic acids is 2. The minimum Gasteiger partial charge on any atom is -0.480 e. The van der Waals surface area contributed by atoms with E-state index < -0.39 is 23.3 Å². The first-order valence-electron chi connectivity index (χ1n) is 5.40. The van der Waals surface area contributed by atoms with Crippen LogP contribution in [0.1, 0.15) is 33.6 Å². The van der Waals surface area contributed by atoms with Crippen LogP contribution in [-0.4, -0.2) is 28.4 Å². The molecule has 1 aliphatic carbocycles. The van der Waals surface area contributed by atoms with Crippen molar-refractivity contribution in [2.75, 3.05) is 0 Å². The number of carboxylic acids is 1. The highest BCUT2D eigenvalue weighted by atomic mass is 16.4. The average Bonchev–Trinajstić information content (AvgIpc) is 3.10. The number of rotatable bonds is 4. The number of nitrogens with two attached hydrogens (primary N) is 1. The second kappa shape index (κ2) is 4.14. The largest absolute Gasteiger partial charge is 0.480 e. The SMILES string of the molecule is NC(=O)c1cccc(C(=O)NC2(C(=O)O)CC2)c1. The van der Waals surface area contributed by atoms with Gasteiger partial charge in [-0.1, -0.05) is 6.07 Å². The molecule has 1 fully saturated rings. The van der Waals surface area contributed by atoms with Gasteiger partial charge in [-0.3, -0.25) is 9.59 Å². The van der Waals surface area contributed by atoms with E-state index >= 15 is 0 Å². The topological polar surface area (TPSA) is 109 Å². The molecule has 6 nitrogen and oxygen atoms in total. The van der Waals surface area contributed by atoms with E-state index in [4.69, 9.17) is 10.8 Å². The van der Waals surface area contributed by atoms with Gasteiger partial charge in [0.05, 0.1) is 0 Å². The molecule has 1 saturated carbocycles. The second-order valence-corrected chi connectivity index (χ2v) is 4.29. The van der Waals surface area contributed by atoms with Gasteiger partial charge in [0.15, 0.2) is 0 Å². The fourth-order valence-electron chi connectivity index (χ4n) is 1.62. The summed E-state index contributed by atoms with van der Waals surface area (Å²) >= 11 is 0. The van der Waals surface area contributed by atoms with E-state index in [0.29, 0.717) is 12.8 Å². The molecule has 6 heteroatoms. The van der Waals surface area contributed by atoms with Crippen LogP contribution in [0.5, 0.6) is 0 Å². The highest BCUT2D eigenvalue weighted by molar-refractivity contribution is 6.01. The molecule has 0 unspecified atom stereocenters. The molecule has 94 valence electrons. The van der Waals surface area contributed by atoms with Crippen molar-refractivity contribution in [1.82, 2.24) is 5.32 Å². The molecule has 0 radical (unpaired) electrons. The molecule has 0 saturated heterocycles. The molecule has 0 atom stereocenters. The van der Waals surface area contributed by atoms with E-state index in [1.54, 1.807) is 0 Å². The van der Waals surface area contributed by atoms with Crippen LogP contribution < -0.4 is 11.1 Å². The zero-order valence-electron chi connectivity index (χ0n) is 9.47. The number of aliphatic carboxylic acids is 1. The van der Waals surface area contributed by atoms with Gasteiger partial charge in [0, 0.05) is 11.1 Å². The molecular weight excluding hydrogens is 236 g/mol. The lowest BCUT2D eigenvalue weighted by molar-refractivity contribution is -0.140. The maximum absolute atomic E-state index is 11.9. The molecule has 1 aromatic carbocycles. The maximum atomic E-state index is 11.9. The normalized spacial score (nSPS) is 15.8. The Labute approximate surface area is 103 Å². The van der Waals surface area contributed by atoms with Crippen molar-refractivity contribution in [1.29, 1.82) is 0 Å². The first kappa shape index (κ1) is 12.1. The average molecular weight is 248 g/mol. The molecule has 0 heterocycles. The Kier molecular flexibility index (Phi) is 2.78. The molecular formula is C12H12N2O4. The van der Waals surface area contributed by atoms with Crippen molar-refractivity contribution in [3.05, 3.63) is 35.4 Å². The number of hydrogen-bond donors (Lipinski definition) is 3. The van der Waals surface area contributed by atoms with Crippen molar-refractivity contribution in [3.63, 3.8) is 0 Å². The quantitative estimate of drug-likeness (QED) is 0.703. The van der Waals surface area contributed by atoms with Crippen LogP contribution in [0, 0.1) is 0 Å². The van der Waals surface area contributed by atoms with Crippen LogP contribution >= 0.6 is 0 Å². The Hall–Kier alpha value is -2.37. The van der Waals surface area contributed by atoms with Gasteiger partial charge in [0.1, 0.15) is 5.54 Å². The number of amides is 2. The second-order valence-electron chi connectivity index (χ2n) is 4.29. The Bertz CT molecular complexity index is 535. The summed E-state index contributed by atoms with van der Waals surface area (Å²) in [6, 6.07) is 5.86. The molecule has 1 aliphatic rings. The van der Waals surface area contributed by atoms with Gasteiger partial charge in [0.2, 0.25) is 5.91 Å². The van der Waals surface area contributed by atoms with Gasteiger partial charge >= 0.3 is 5.97 Å². The standard InChI is InChI=1S/C12H12N2O4/c13-9(15)7-2-1-3-8(6-7)10(16)14-12(4-5-12)11(17)18/h1-3,6H,4-5H2,(H2,13,15)(H,14,16)(H,17,18). The van der Waals surface area contributed by atoms with Gasteiger partial charge < -0.3 is 16.2 Å². The number of carbonyl (C=O) groups is 3. The first-order chi connectivity index (χ1) is 8.44. The summed E-state index contributed by atoms with van der Waals surface area (Å²) in [6.07, 6.45) is 0.840. The summed E-state index contributed by atoms with van der Waals surface area (Å²) < 4.78 is 0. The molecule has 4 N–H and O–H groups in total. The maximum Gasteiger partial charge on any atom is 0.329 e. The van der Waals surface area contributed by atoms with Crippen LogP contribution in [0.4, 0.5) is 0 Å². The summed E-state index contributed by atoms with van der Waals surface area (Å²) in [4.78, 5) is 33.8. The lowest BCUT2D eigenvalue weighted by atomic mass is 10.1. The van der Waals surface area contributed by atoms with Gasteiger partial charge in [-0.15, -0.1) is 0 Å². The number of benzene rings is 1. The zero-order valence-corrected chi connectivity index (χ0v) is 9.47. The molecule has 0 aromatic heterocycles. The Morgan fingerprint density at radius 3 is 2.33 bits per heavy atom. The fraction of sp³-hybridized carbons (Fsp3) is 0.250. The molecule has 0 aliphatic heterocycles. The predicted molar refractivity (Wildman–Crippen MR) is 62.0 cm³/mol. The predicted octanol–water partition coefficient (Wildman–Crippen LogP) is 0.132. The van der Waals surface area contributed by atoms with E-state index in [1.807, 2.05) is 0 Å². The van der Waals surface area contributed by atoms with E-state index in [2.05, 4.69) is 5.32 Å². The summed E-state index contributed by atoms with van der Waals surface area (Å²) in [6.45, 7) is 0. The monoisotopic (exact) mass is 248 g/mol. The summed E-state index contributed by atoms with van der Waals surface area (Å²) in [5.41, 5.74) is 4.40. The summed E-state index contributed by atoms with van der Waals surface area (Å²) in [7, 11) is 0. The number of nitrogens with one attached hydrogen (secondary N) is 1. The van der Waals surface area contributed by atoms with Crippen molar-refractivity contribution in [2.45, 2.75) is 18.4 Å². The lowest BCUT2D eigenvalue weighted by Gasteiger charge is -2.12. The number of primary amides is 1. The van der Waals surface area contributed by atoms with E-state index in [9.17, 15) is 14.4 Å². The molecule has 0 spiro atoms. The minimum absolute atomic E-state index is 0.211. The van der Waals surface area contributed by atoms with Gasteiger partial charge in [-0.2, -0.15) is 0 Å². The summed E-state index contributed by atoms with van der Waals surface area (Å²) in [5.74, 6) is -2.19. The molecule has 2 amide bonds. The van der Waals surface area contributed by atoms with E-state index in [0.717, 1.165) is 0 Å². The Morgan fingerprint density at radius 2 is 1.83 bits per heavy atom. The van der Waals surface area contributed by atoms with E-state index in [1.165, 1.54) is 24.3 Å². The van der Waals surface area contributed by atoms with Crippen LogP contribution in [0.25, 0.3) is 0 Å². The Balaban J connectivity index is 2.17. The Morgan fingerprint density at radius 1 is 1.22 bits per heavy atom. The summed E-state index contributed by atoms with van der Waals surface area (Å²) in [5, 5.41) is 11.4. The molecule has 18 heavy (non-hydrogen) atoms. The van der Waals surface area contributed by atoms with Crippen LogP contribution in [0.2, 0.25) is 0 Å². The van der Waals surface area contributed by atoms with Crippen LogP contribution in [0.15, 0.2) is 24.3 Å². The smallest absolute Gasteiger partial charge is 0.329 e. The number of carboxylic acid groups (broad SMARTS) is 1. The van der Waals surface area contributed by atoms with Crippen LogP contribution in [-0.2, 0) is 4.79 Å². The molecule has 2 rings (SSSR count). The van der Waals surface area contributed by atoms with Crippen molar-refractivity contribution in [2.24, 2.45) is 5.73 Å². The van der Waals surface area contributed by atoms with Crippen molar-refractivity contribution in [3.8, 4) is 0 Å². The fourth-order valence-corrected chi connectivity index (χ4v) is 1.62. The van der Waals surface area contributed by atoms with Crippen LogP contribution in [0.3, 0.4) is 0 Å². The highest BCUT2D eigenvalue weighted by Crippen LogP contribution is 2.35. The third-order valence-electron chi connectivity index (χ3n) is 2.92. The number of hydrogen-bond acceptors (Lipinski definition) is 3. The van der Waals surface area contributed by atoms with E-state index in [-0.39, 0.29) is 11.1 Å². The lowest BCUT2D eigenvalue weighted by Crippen LogP contribution is -2.43. The molecule has 0 bridgehead atoms. The first-order valence-corrected chi connectivity index (χ1v) is 5.40. The van der Waals surface area contributed by atoms with Crippen molar-refractivity contribution >= 4 is 17.8 Å². The third-order valence-corrected chi connectivity index (χ3v) is 2.92. The van der Waals surface area contributed by atoms with Gasteiger partial charge in [-0.05, 0) is 31.0 Å². The zero-order chi connectivity index (χ0) is 13.3. The van der Waals surface area contributed by atoms with Gasteiger partial charge in [-0.25, -0.2) is 4.79 Å². The minimum atomic E-state index is -1.14. The van der Waals surface area contributed by atoms with Crippen molar-refractivity contribution < 1.29 is 19.5 Å².